The maximum absolute atomic E-state index is 13.1. The van der Waals surface area contributed by atoms with Crippen molar-refractivity contribution < 1.29 is 35.5 Å². The lowest BCUT2D eigenvalue weighted by molar-refractivity contribution is -0.343. The second-order valence-electron chi connectivity index (χ2n) is 4.24. The third-order valence-electron chi connectivity index (χ3n) is 2.63. The van der Waals surface area contributed by atoms with Crippen LogP contribution in [0, 0.1) is 0 Å². The van der Waals surface area contributed by atoms with Gasteiger partial charge in [-0.25, -0.2) is 0 Å². The summed E-state index contributed by atoms with van der Waals surface area (Å²) in [4.78, 5) is 11.1. The Bertz CT molecular complexity index is 527. The van der Waals surface area contributed by atoms with Crippen molar-refractivity contribution in [1.82, 2.24) is 0 Å². The predicted octanol–water partition coefficient (Wildman–Crippen LogP) is 4.40. The van der Waals surface area contributed by atoms with Crippen molar-refractivity contribution in [2.75, 3.05) is 10.6 Å². The summed E-state index contributed by atoms with van der Waals surface area (Å²) in [5.41, 5.74) is 0.434. The van der Waals surface area contributed by atoms with Crippen LogP contribution in [0.3, 0.4) is 0 Å². The van der Waals surface area contributed by atoms with Crippen LogP contribution in [0.25, 0.3) is 0 Å². The molecule has 0 aliphatic rings. The third kappa shape index (κ3) is 3.71. The number of alkyl halides is 8. The normalized spacial score (nSPS) is 13.1. The van der Waals surface area contributed by atoms with Crippen LogP contribution in [-0.2, 0) is 11.2 Å². The van der Waals surface area contributed by atoms with Crippen molar-refractivity contribution in [2.45, 2.75) is 24.4 Å². The number of hydrogen-bond acceptors (Lipinski definition) is 1. The summed E-state index contributed by atoms with van der Waals surface area (Å²) in [7, 11) is 0. The monoisotopic (exact) mass is 395 g/mol. The number of benzene rings is 1. The molecule has 0 radical (unpaired) electrons. The second kappa shape index (κ2) is 6.43. The van der Waals surface area contributed by atoms with Crippen LogP contribution >= 0.6 is 15.9 Å². The number of nitrogens with one attached hydrogen (secondary N) is 1. The molecule has 0 heterocycles. The first-order valence-electron chi connectivity index (χ1n) is 5.72. The van der Waals surface area contributed by atoms with Gasteiger partial charge in [-0.3, -0.25) is 4.79 Å². The number of rotatable bonds is 5. The molecular weight excluding hydrogens is 387 g/mol. The molecule has 2 nitrogen and oxygen atoms in total. The molecule has 1 rings (SSSR count). The fourth-order valence-electron chi connectivity index (χ4n) is 1.39. The zero-order chi connectivity index (χ0) is 17.2. The molecule has 22 heavy (non-hydrogen) atoms. The Morgan fingerprint density at radius 2 is 1.50 bits per heavy atom. The lowest BCUT2D eigenvalue weighted by Crippen LogP contribution is -2.57. The van der Waals surface area contributed by atoms with Crippen molar-refractivity contribution in [2.24, 2.45) is 0 Å². The maximum atomic E-state index is 13.1. The SMILES string of the molecule is O=C(Nc1ccc(CCBr)cc1)C(F)(F)C(F)(F)C(F)(F)F. The van der Waals surface area contributed by atoms with Gasteiger partial charge in [-0.2, -0.15) is 30.7 Å². The average Bonchev–Trinajstić information content (AvgIpc) is 2.39. The van der Waals surface area contributed by atoms with Crippen molar-refractivity contribution in [3.8, 4) is 0 Å². The Kier molecular flexibility index (Phi) is 5.47. The lowest BCUT2D eigenvalue weighted by atomic mass is 10.1. The maximum Gasteiger partial charge on any atom is 0.460 e. The number of halogens is 8. The van der Waals surface area contributed by atoms with Crippen molar-refractivity contribution in [1.29, 1.82) is 0 Å². The first kappa shape index (κ1) is 18.7. The fourth-order valence-corrected chi connectivity index (χ4v) is 1.85. The molecule has 0 unspecified atom stereocenters. The van der Waals surface area contributed by atoms with Gasteiger partial charge in [0.1, 0.15) is 0 Å². The molecule has 0 spiro atoms. The summed E-state index contributed by atoms with van der Waals surface area (Å²) in [6.45, 7) is 0. The van der Waals surface area contributed by atoms with Crippen molar-refractivity contribution >= 4 is 27.5 Å². The van der Waals surface area contributed by atoms with E-state index in [0.717, 1.165) is 17.7 Å². The number of aryl methyl sites for hydroxylation is 1. The molecule has 0 saturated heterocycles. The minimum absolute atomic E-state index is 0.319. The zero-order valence-corrected chi connectivity index (χ0v) is 12.2. The van der Waals surface area contributed by atoms with E-state index in [0.29, 0.717) is 11.8 Å². The topological polar surface area (TPSA) is 29.1 Å². The Morgan fingerprint density at radius 3 is 1.91 bits per heavy atom. The number of anilines is 1. The highest BCUT2D eigenvalue weighted by Gasteiger charge is 2.76. The molecule has 10 heteroatoms. The standard InChI is InChI=1S/C12H9BrF7NO/c13-6-5-7-1-3-8(4-2-7)21-9(22)10(14,15)11(16,17)12(18,19)20/h1-4H,5-6H2,(H,21,22). The van der Waals surface area contributed by atoms with Gasteiger partial charge in [0.05, 0.1) is 0 Å². The molecule has 1 N–H and O–H groups in total. The molecule has 0 bridgehead atoms. The molecule has 124 valence electrons. The first-order valence-corrected chi connectivity index (χ1v) is 6.84. The molecular formula is C12H9BrF7NO. The summed E-state index contributed by atoms with van der Waals surface area (Å²) in [6, 6.07) is 5.07. The molecule has 0 aliphatic heterocycles. The lowest BCUT2D eigenvalue weighted by Gasteiger charge is -2.27. The van der Waals surface area contributed by atoms with E-state index in [2.05, 4.69) is 15.9 Å². The van der Waals surface area contributed by atoms with Crippen LogP contribution in [0.4, 0.5) is 36.4 Å². The molecule has 0 atom stereocenters. The summed E-state index contributed by atoms with van der Waals surface area (Å²) >= 11 is 3.15. The van der Waals surface area contributed by atoms with Gasteiger partial charge in [0.25, 0.3) is 0 Å². The smallest absolute Gasteiger partial charge is 0.321 e. The summed E-state index contributed by atoms with van der Waals surface area (Å²) in [5.74, 6) is -15.1. The highest BCUT2D eigenvalue weighted by atomic mass is 79.9. The van der Waals surface area contributed by atoms with Crippen molar-refractivity contribution in [3.05, 3.63) is 29.8 Å². The summed E-state index contributed by atoms with van der Waals surface area (Å²) in [6.07, 6.45) is -5.97. The predicted molar refractivity (Wildman–Crippen MR) is 68.5 cm³/mol. The molecule has 0 aromatic heterocycles. The minimum Gasteiger partial charge on any atom is -0.321 e. The van der Waals surface area contributed by atoms with E-state index < -0.39 is 23.9 Å². The molecule has 1 amide bonds. The summed E-state index contributed by atoms with van der Waals surface area (Å²) < 4.78 is 87.4. The minimum atomic E-state index is -6.55. The van der Waals surface area contributed by atoms with Gasteiger partial charge >= 0.3 is 23.9 Å². The molecule has 0 fully saturated rings. The number of amides is 1. The van der Waals surface area contributed by atoms with Gasteiger partial charge in [-0.15, -0.1) is 0 Å². The Morgan fingerprint density at radius 1 is 1.00 bits per heavy atom. The van der Waals surface area contributed by atoms with Crippen LogP contribution in [0.15, 0.2) is 24.3 Å². The van der Waals surface area contributed by atoms with Crippen LogP contribution < -0.4 is 5.32 Å². The highest BCUT2D eigenvalue weighted by Crippen LogP contribution is 2.46. The van der Waals surface area contributed by atoms with E-state index in [9.17, 15) is 35.5 Å². The van der Waals surface area contributed by atoms with Gasteiger partial charge in [-0.05, 0) is 24.1 Å². The third-order valence-corrected chi connectivity index (χ3v) is 3.03. The number of carbonyl (C=O) groups is 1. The van der Waals surface area contributed by atoms with E-state index >= 15 is 0 Å². The van der Waals surface area contributed by atoms with Crippen molar-refractivity contribution in [3.63, 3.8) is 0 Å². The fraction of sp³-hybridized carbons (Fsp3) is 0.417. The average molecular weight is 396 g/mol. The quantitative estimate of drug-likeness (QED) is 0.581. The zero-order valence-electron chi connectivity index (χ0n) is 10.7. The molecule has 1 aromatic rings. The van der Waals surface area contributed by atoms with Crippen LogP contribution in [0.1, 0.15) is 5.56 Å². The first-order chi connectivity index (χ1) is 9.93. The van der Waals surface area contributed by atoms with E-state index in [4.69, 9.17) is 0 Å². The number of carbonyl (C=O) groups excluding carboxylic acids is 1. The molecule has 1 aromatic carbocycles. The highest BCUT2D eigenvalue weighted by molar-refractivity contribution is 9.09. The van der Waals surface area contributed by atoms with Gasteiger partial charge < -0.3 is 5.32 Å². The summed E-state index contributed by atoms with van der Waals surface area (Å²) in [5, 5.41) is 1.95. The van der Waals surface area contributed by atoms with Crippen LogP contribution in [0.2, 0.25) is 0 Å². The van der Waals surface area contributed by atoms with Gasteiger partial charge in [0, 0.05) is 11.0 Å². The number of hydrogen-bond donors (Lipinski definition) is 1. The Balaban J connectivity index is 2.91. The molecule has 0 aliphatic carbocycles. The second-order valence-corrected chi connectivity index (χ2v) is 5.03. The van der Waals surface area contributed by atoms with E-state index in [1.165, 1.54) is 17.4 Å². The Hall–Kier alpha value is -1.32. The molecule has 0 saturated carbocycles. The van der Waals surface area contributed by atoms with E-state index in [1.54, 1.807) is 0 Å². The van der Waals surface area contributed by atoms with Crippen LogP contribution in [-0.4, -0.2) is 29.3 Å². The van der Waals surface area contributed by atoms with E-state index in [-0.39, 0.29) is 5.69 Å². The van der Waals surface area contributed by atoms with Crippen LogP contribution in [0.5, 0.6) is 0 Å². The van der Waals surface area contributed by atoms with Gasteiger partial charge in [-0.1, -0.05) is 28.1 Å². The van der Waals surface area contributed by atoms with Gasteiger partial charge in [0.15, 0.2) is 0 Å². The van der Waals surface area contributed by atoms with E-state index in [1.807, 2.05) is 0 Å². The largest absolute Gasteiger partial charge is 0.460 e. The van der Waals surface area contributed by atoms with Gasteiger partial charge in [0.2, 0.25) is 0 Å². The Labute approximate surface area is 128 Å².